The summed E-state index contributed by atoms with van der Waals surface area (Å²) in [4.78, 5) is 0.273. The van der Waals surface area contributed by atoms with Gasteiger partial charge < -0.3 is 10.5 Å². The molecule has 2 aromatic carbocycles. The number of rotatable bonds is 3. The highest BCUT2D eigenvalue weighted by Crippen LogP contribution is 2.29. The monoisotopic (exact) mass is 275 g/mol. The van der Waals surface area contributed by atoms with Crippen LogP contribution in [0.3, 0.4) is 0 Å². The van der Waals surface area contributed by atoms with Crippen molar-refractivity contribution in [2.24, 2.45) is 5.73 Å². The van der Waals surface area contributed by atoms with Crippen LogP contribution in [0.2, 0.25) is 0 Å². The summed E-state index contributed by atoms with van der Waals surface area (Å²) >= 11 is 5.00. The van der Waals surface area contributed by atoms with Crippen LogP contribution in [0, 0.1) is 19.7 Å². The average Bonchev–Trinajstić information content (AvgIpc) is 2.32. The minimum Gasteiger partial charge on any atom is -0.456 e. The van der Waals surface area contributed by atoms with Gasteiger partial charge in [0.05, 0.1) is 5.56 Å². The molecule has 2 aromatic rings. The maximum Gasteiger partial charge on any atom is 0.137 e. The van der Waals surface area contributed by atoms with Crippen LogP contribution in [-0.2, 0) is 0 Å². The van der Waals surface area contributed by atoms with E-state index in [1.54, 1.807) is 13.0 Å². The molecule has 0 atom stereocenters. The van der Waals surface area contributed by atoms with E-state index in [1.807, 2.05) is 25.1 Å². The Balaban J connectivity index is 2.42. The van der Waals surface area contributed by atoms with Gasteiger partial charge in [-0.1, -0.05) is 18.3 Å². The molecule has 0 saturated heterocycles. The molecule has 98 valence electrons. The van der Waals surface area contributed by atoms with Gasteiger partial charge in [-0.15, -0.1) is 0 Å². The summed E-state index contributed by atoms with van der Waals surface area (Å²) in [6.45, 7) is 3.74. The summed E-state index contributed by atoms with van der Waals surface area (Å²) in [7, 11) is 0. The molecular weight excluding hydrogens is 261 g/mol. The van der Waals surface area contributed by atoms with Gasteiger partial charge in [0.15, 0.2) is 0 Å². The molecule has 2 N–H and O–H groups in total. The van der Waals surface area contributed by atoms with E-state index in [-0.39, 0.29) is 10.8 Å². The third-order valence-electron chi connectivity index (χ3n) is 2.76. The molecule has 2 nitrogen and oxygen atoms in total. The second kappa shape index (κ2) is 5.36. The highest BCUT2D eigenvalue weighted by Gasteiger charge is 2.09. The van der Waals surface area contributed by atoms with E-state index < -0.39 is 0 Å². The van der Waals surface area contributed by atoms with E-state index >= 15 is 0 Å². The average molecular weight is 275 g/mol. The molecular formula is C15H14FNOS. The lowest BCUT2D eigenvalue weighted by Crippen LogP contribution is -2.11. The van der Waals surface area contributed by atoms with Gasteiger partial charge >= 0.3 is 0 Å². The molecule has 0 heterocycles. The fraction of sp³-hybridized carbons (Fsp3) is 0.133. The minimum absolute atomic E-state index is 0.273. The zero-order valence-electron chi connectivity index (χ0n) is 10.7. The summed E-state index contributed by atoms with van der Waals surface area (Å²) in [6.07, 6.45) is 0. The maximum atomic E-state index is 13.1. The van der Waals surface area contributed by atoms with E-state index in [0.717, 1.165) is 11.1 Å². The van der Waals surface area contributed by atoms with Crippen molar-refractivity contribution in [1.29, 1.82) is 0 Å². The molecule has 0 aliphatic heterocycles. The standard InChI is InChI=1S/C15H14FNOS/c1-9-3-5-12(15(17)19)14(7-9)18-13-6-4-11(16)8-10(13)2/h3-8H,1-2H3,(H2,17,19). The fourth-order valence-electron chi connectivity index (χ4n) is 1.76. The van der Waals surface area contributed by atoms with E-state index in [2.05, 4.69) is 0 Å². The van der Waals surface area contributed by atoms with E-state index in [0.29, 0.717) is 17.1 Å². The van der Waals surface area contributed by atoms with Gasteiger partial charge in [-0.2, -0.15) is 0 Å². The first-order valence-electron chi connectivity index (χ1n) is 5.82. The fourth-order valence-corrected chi connectivity index (χ4v) is 1.93. The van der Waals surface area contributed by atoms with Crippen molar-refractivity contribution in [1.82, 2.24) is 0 Å². The quantitative estimate of drug-likeness (QED) is 0.864. The first-order valence-corrected chi connectivity index (χ1v) is 6.22. The molecule has 0 saturated carbocycles. The predicted molar refractivity (Wildman–Crippen MR) is 78.3 cm³/mol. The Morgan fingerprint density at radius 1 is 1.11 bits per heavy atom. The van der Waals surface area contributed by atoms with Gasteiger partial charge in [0.2, 0.25) is 0 Å². The summed E-state index contributed by atoms with van der Waals surface area (Å²) in [6, 6.07) is 9.97. The summed E-state index contributed by atoms with van der Waals surface area (Å²) in [5, 5.41) is 0. The normalized spacial score (nSPS) is 10.3. The van der Waals surface area contributed by atoms with Crippen LogP contribution in [0.1, 0.15) is 16.7 Å². The third-order valence-corrected chi connectivity index (χ3v) is 2.98. The van der Waals surface area contributed by atoms with Gasteiger partial charge in [-0.05, 0) is 55.3 Å². The molecule has 0 aromatic heterocycles. The second-order valence-corrected chi connectivity index (χ2v) is 4.82. The van der Waals surface area contributed by atoms with Crippen LogP contribution in [0.4, 0.5) is 4.39 Å². The minimum atomic E-state index is -0.288. The number of ether oxygens (including phenoxy) is 1. The molecule has 0 radical (unpaired) electrons. The topological polar surface area (TPSA) is 35.2 Å². The van der Waals surface area contributed by atoms with Crippen LogP contribution in [0.25, 0.3) is 0 Å². The molecule has 19 heavy (non-hydrogen) atoms. The van der Waals surface area contributed by atoms with Crippen LogP contribution >= 0.6 is 12.2 Å². The number of hydrogen-bond donors (Lipinski definition) is 1. The second-order valence-electron chi connectivity index (χ2n) is 4.38. The molecule has 0 spiro atoms. The molecule has 0 amide bonds. The van der Waals surface area contributed by atoms with E-state index in [4.69, 9.17) is 22.7 Å². The van der Waals surface area contributed by atoms with Crippen LogP contribution in [0.15, 0.2) is 36.4 Å². The molecule has 0 unspecified atom stereocenters. The summed E-state index contributed by atoms with van der Waals surface area (Å²) < 4.78 is 18.9. The van der Waals surface area contributed by atoms with Crippen molar-refractivity contribution < 1.29 is 9.13 Å². The first-order chi connectivity index (χ1) is 8.97. The molecule has 0 fully saturated rings. The Hall–Kier alpha value is -1.94. The highest BCUT2D eigenvalue weighted by atomic mass is 32.1. The van der Waals surface area contributed by atoms with Gasteiger partial charge in [0, 0.05) is 0 Å². The van der Waals surface area contributed by atoms with Crippen molar-refractivity contribution in [3.8, 4) is 11.5 Å². The number of halogens is 1. The summed E-state index contributed by atoms with van der Waals surface area (Å²) in [5.41, 5.74) is 8.10. The highest BCUT2D eigenvalue weighted by molar-refractivity contribution is 7.80. The van der Waals surface area contributed by atoms with Gasteiger partial charge in [-0.25, -0.2) is 4.39 Å². The molecule has 2 rings (SSSR count). The zero-order chi connectivity index (χ0) is 14.0. The van der Waals surface area contributed by atoms with Crippen LogP contribution < -0.4 is 10.5 Å². The lowest BCUT2D eigenvalue weighted by atomic mass is 10.1. The Labute approximate surface area is 117 Å². The lowest BCUT2D eigenvalue weighted by Gasteiger charge is -2.13. The zero-order valence-corrected chi connectivity index (χ0v) is 11.6. The third kappa shape index (κ3) is 3.09. The van der Waals surface area contributed by atoms with Gasteiger partial charge in [0.1, 0.15) is 22.3 Å². The molecule has 0 aliphatic rings. The number of hydrogen-bond acceptors (Lipinski definition) is 2. The number of aryl methyl sites for hydroxylation is 2. The lowest BCUT2D eigenvalue weighted by molar-refractivity contribution is 0.475. The first kappa shape index (κ1) is 13.5. The van der Waals surface area contributed by atoms with Gasteiger partial charge in [0.25, 0.3) is 0 Å². The Bertz CT molecular complexity index is 640. The number of thiocarbonyl (C=S) groups is 1. The Morgan fingerprint density at radius 2 is 1.84 bits per heavy atom. The Kier molecular flexibility index (Phi) is 3.81. The molecule has 4 heteroatoms. The molecule has 0 aliphatic carbocycles. The van der Waals surface area contributed by atoms with Crippen molar-refractivity contribution in [2.75, 3.05) is 0 Å². The van der Waals surface area contributed by atoms with Crippen molar-refractivity contribution in [3.05, 3.63) is 58.9 Å². The van der Waals surface area contributed by atoms with Crippen molar-refractivity contribution in [3.63, 3.8) is 0 Å². The van der Waals surface area contributed by atoms with E-state index in [1.165, 1.54) is 12.1 Å². The Morgan fingerprint density at radius 3 is 2.47 bits per heavy atom. The van der Waals surface area contributed by atoms with Crippen molar-refractivity contribution in [2.45, 2.75) is 13.8 Å². The van der Waals surface area contributed by atoms with Crippen LogP contribution in [0.5, 0.6) is 11.5 Å². The molecule has 0 bridgehead atoms. The number of benzene rings is 2. The summed E-state index contributed by atoms with van der Waals surface area (Å²) in [5.74, 6) is 0.885. The van der Waals surface area contributed by atoms with Crippen molar-refractivity contribution >= 4 is 17.2 Å². The SMILES string of the molecule is Cc1ccc(C(N)=S)c(Oc2ccc(F)cc2C)c1. The number of nitrogens with two attached hydrogens (primary N) is 1. The van der Waals surface area contributed by atoms with Crippen LogP contribution in [-0.4, -0.2) is 4.99 Å². The predicted octanol–water partition coefficient (Wildman–Crippen LogP) is 3.87. The van der Waals surface area contributed by atoms with E-state index in [9.17, 15) is 4.39 Å². The van der Waals surface area contributed by atoms with Gasteiger partial charge in [-0.3, -0.25) is 0 Å². The smallest absolute Gasteiger partial charge is 0.137 e. The largest absolute Gasteiger partial charge is 0.456 e. The maximum absolute atomic E-state index is 13.1.